The summed E-state index contributed by atoms with van der Waals surface area (Å²) in [7, 11) is 0. The summed E-state index contributed by atoms with van der Waals surface area (Å²) in [6.45, 7) is 4.73. The number of ketones is 1. The number of hydrogen-bond acceptors (Lipinski definition) is 4. The lowest BCUT2D eigenvalue weighted by atomic mass is 9.45. The number of rotatable bonds is 4. The van der Waals surface area contributed by atoms with Crippen molar-refractivity contribution < 1.29 is 19.8 Å². The fraction of sp³-hybridized carbons (Fsp3) is 0.909. The zero-order chi connectivity index (χ0) is 19.4. The van der Waals surface area contributed by atoms with Crippen molar-refractivity contribution in [2.75, 3.05) is 5.75 Å². The smallest absolute Gasteiger partial charge is 0.304 e. The Morgan fingerprint density at radius 1 is 1.19 bits per heavy atom. The van der Waals surface area contributed by atoms with Gasteiger partial charge >= 0.3 is 5.97 Å². The molecule has 0 amide bonds. The summed E-state index contributed by atoms with van der Waals surface area (Å²) in [4.78, 5) is 23.0. The van der Waals surface area contributed by atoms with Crippen LogP contribution in [0.2, 0.25) is 0 Å². The van der Waals surface area contributed by atoms with Gasteiger partial charge in [0.2, 0.25) is 0 Å². The van der Waals surface area contributed by atoms with Crippen molar-refractivity contribution in [3.63, 3.8) is 0 Å². The molecule has 4 aliphatic carbocycles. The highest BCUT2D eigenvalue weighted by Gasteiger charge is 2.62. The predicted octanol–water partition coefficient (Wildman–Crippen LogP) is 4.15. The topological polar surface area (TPSA) is 74.6 Å². The van der Waals surface area contributed by atoms with Crippen LogP contribution in [-0.2, 0) is 9.59 Å². The second-order valence-corrected chi connectivity index (χ2v) is 11.5. The van der Waals surface area contributed by atoms with E-state index >= 15 is 0 Å². The molecule has 2 N–H and O–H groups in total. The van der Waals surface area contributed by atoms with E-state index in [-0.39, 0.29) is 23.4 Å². The van der Waals surface area contributed by atoms with Crippen LogP contribution in [0.15, 0.2) is 0 Å². The minimum Gasteiger partial charge on any atom is -0.481 e. The van der Waals surface area contributed by atoms with Crippen molar-refractivity contribution in [1.82, 2.24) is 0 Å². The Kier molecular flexibility index (Phi) is 5.16. The fourth-order valence-electron chi connectivity index (χ4n) is 7.52. The molecule has 8 atom stereocenters. The Morgan fingerprint density at radius 2 is 1.96 bits per heavy atom. The van der Waals surface area contributed by atoms with Crippen molar-refractivity contribution in [2.45, 2.75) is 83.0 Å². The Hall–Kier alpha value is -0.550. The molecule has 27 heavy (non-hydrogen) atoms. The third-order valence-electron chi connectivity index (χ3n) is 9.04. The molecule has 0 aromatic rings. The third-order valence-corrected chi connectivity index (χ3v) is 10.4. The monoisotopic (exact) mass is 394 g/mol. The van der Waals surface area contributed by atoms with Crippen molar-refractivity contribution in [3.8, 4) is 0 Å². The number of carboxylic acid groups (broad SMARTS) is 1. The fourth-order valence-corrected chi connectivity index (χ4v) is 9.15. The minimum absolute atomic E-state index is 0.0181. The Morgan fingerprint density at radius 3 is 2.70 bits per heavy atom. The number of carbonyl (C=O) groups is 2. The molecule has 0 aromatic carbocycles. The van der Waals surface area contributed by atoms with Gasteiger partial charge in [0.05, 0.1) is 12.5 Å². The van der Waals surface area contributed by atoms with Gasteiger partial charge in [0.1, 0.15) is 5.78 Å². The first-order chi connectivity index (χ1) is 12.8. The van der Waals surface area contributed by atoms with E-state index in [1.165, 1.54) is 12.8 Å². The summed E-state index contributed by atoms with van der Waals surface area (Å²) < 4.78 is 0. The largest absolute Gasteiger partial charge is 0.481 e. The van der Waals surface area contributed by atoms with Gasteiger partial charge in [0.15, 0.2) is 0 Å². The standard InChI is InChI=1S/C22H34O4S/c1-21-8-5-14(23)11-13(21)3-4-15-16(21)6-9-22(2)18(24)12-17(20(15)22)27-10-7-19(25)26/h13,15-18,20,24H,3-12H2,1-2H3,(H,25,26)/t13?,15-,16+,17?,18+,20-,21+,22-/m1/s1. The number of carboxylic acids is 1. The summed E-state index contributed by atoms with van der Waals surface area (Å²) in [6, 6.07) is 0. The van der Waals surface area contributed by atoms with Gasteiger partial charge in [0, 0.05) is 23.8 Å². The molecule has 2 unspecified atom stereocenters. The van der Waals surface area contributed by atoms with Gasteiger partial charge in [-0.25, -0.2) is 0 Å². The lowest BCUT2D eigenvalue weighted by Gasteiger charge is -2.60. The number of thioether (sulfide) groups is 1. The van der Waals surface area contributed by atoms with Crippen molar-refractivity contribution in [2.24, 2.45) is 34.5 Å². The lowest BCUT2D eigenvalue weighted by molar-refractivity contribution is -0.141. The van der Waals surface area contributed by atoms with Crippen LogP contribution in [0.3, 0.4) is 0 Å². The molecule has 0 heterocycles. The predicted molar refractivity (Wildman–Crippen MR) is 107 cm³/mol. The zero-order valence-corrected chi connectivity index (χ0v) is 17.5. The van der Waals surface area contributed by atoms with E-state index in [0.29, 0.717) is 40.5 Å². The number of carbonyl (C=O) groups excluding carboxylic acids is 1. The van der Waals surface area contributed by atoms with Crippen LogP contribution >= 0.6 is 11.8 Å². The highest BCUT2D eigenvalue weighted by Crippen LogP contribution is 2.67. The number of aliphatic hydroxyl groups is 1. The number of Topliss-reactive ketones (excluding diaryl/α,β-unsaturated/α-hetero) is 1. The molecule has 0 radical (unpaired) electrons. The first-order valence-electron chi connectivity index (χ1n) is 10.8. The van der Waals surface area contributed by atoms with E-state index in [1.54, 1.807) is 11.8 Å². The average molecular weight is 395 g/mol. The number of aliphatic carboxylic acids is 1. The van der Waals surface area contributed by atoms with Crippen molar-refractivity contribution >= 4 is 23.5 Å². The lowest BCUT2D eigenvalue weighted by Crippen LogP contribution is -2.55. The molecule has 5 heteroatoms. The van der Waals surface area contributed by atoms with Crippen LogP contribution in [0.25, 0.3) is 0 Å². The van der Waals surface area contributed by atoms with Crippen LogP contribution in [0, 0.1) is 34.5 Å². The molecule has 0 spiro atoms. The number of fused-ring (bicyclic) bond motifs is 5. The zero-order valence-electron chi connectivity index (χ0n) is 16.7. The molecule has 4 rings (SSSR count). The Labute approximate surface area is 166 Å². The van der Waals surface area contributed by atoms with Gasteiger partial charge < -0.3 is 10.2 Å². The first-order valence-corrected chi connectivity index (χ1v) is 11.8. The van der Waals surface area contributed by atoms with E-state index in [0.717, 1.165) is 38.5 Å². The minimum atomic E-state index is -0.731. The van der Waals surface area contributed by atoms with E-state index in [9.17, 15) is 14.7 Å². The van der Waals surface area contributed by atoms with Crippen LogP contribution in [0.1, 0.15) is 71.6 Å². The van der Waals surface area contributed by atoms with E-state index in [1.807, 2.05) is 0 Å². The first kappa shape index (κ1) is 19.8. The third kappa shape index (κ3) is 3.17. The van der Waals surface area contributed by atoms with Gasteiger partial charge in [-0.05, 0) is 73.0 Å². The summed E-state index contributed by atoms with van der Waals surface area (Å²) in [5.41, 5.74) is 0.262. The second-order valence-electron chi connectivity index (χ2n) is 10.2. The maximum absolute atomic E-state index is 12.0. The van der Waals surface area contributed by atoms with Crippen molar-refractivity contribution in [1.29, 1.82) is 0 Å². The molecule has 0 aromatic heterocycles. The summed E-state index contributed by atoms with van der Waals surface area (Å²) in [5.74, 6) is 2.69. The quantitative estimate of drug-likeness (QED) is 0.749. The molecule has 4 aliphatic rings. The molecule has 0 saturated heterocycles. The molecule has 4 nitrogen and oxygen atoms in total. The summed E-state index contributed by atoms with van der Waals surface area (Å²) in [6.07, 6.45) is 7.92. The normalized spacial score (nSPS) is 49.2. The maximum atomic E-state index is 12.0. The summed E-state index contributed by atoms with van der Waals surface area (Å²) >= 11 is 1.79. The average Bonchev–Trinajstić information content (AvgIpc) is 2.86. The molecular formula is C22H34O4S. The van der Waals surface area contributed by atoms with Gasteiger partial charge in [-0.1, -0.05) is 13.8 Å². The van der Waals surface area contributed by atoms with E-state index in [2.05, 4.69) is 13.8 Å². The SMILES string of the molecule is C[C@]12CC[C@H]3[C@@H](CCC4CC(=O)CC[C@@]43C)[C@@H]1C(SCCC(=O)O)C[C@@H]2O. The molecule has 0 aliphatic heterocycles. The molecule has 4 saturated carbocycles. The van der Waals surface area contributed by atoms with Crippen LogP contribution in [-0.4, -0.2) is 39.1 Å². The Bertz CT molecular complexity index is 621. The second kappa shape index (κ2) is 7.05. The van der Waals surface area contributed by atoms with E-state index in [4.69, 9.17) is 5.11 Å². The maximum Gasteiger partial charge on any atom is 0.304 e. The van der Waals surface area contributed by atoms with Crippen LogP contribution in [0.5, 0.6) is 0 Å². The molecular weight excluding hydrogens is 360 g/mol. The van der Waals surface area contributed by atoms with E-state index < -0.39 is 5.97 Å². The highest BCUT2D eigenvalue weighted by atomic mass is 32.2. The highest BCUT2D eigenvalue weighted by molar-refractivity contribution is 7.99. The Balaban J connectivity index is 1.57. The molecule has 4 fully saturated rings. The van der Waals surface area contributed by atoms with Crippen LogP contribution < -0.4 is 0 Å². The van der Waals surface area contributed by atoms with Gasteiger partial charge in [-0.3, -0.25) is 9.59 Å². The molecule has 0 bridgehead atoms. The van der Waals surface area contributed by atoms with Crippen LogP contribution in [0.4, 0.5) is 0 Å². The van der Waals surface area contributed by atoms with Gasteiger partial charge in [-0.15, -0.1) is 0 Å². The number of hydrogen-bond donors (Lipinski definition) is 2. The van der Waals surface area contributed by atoms with Gasteiger partial charge in [-0.2, -0.15) is 11.8 Å². The van der Waals surface area contributed by atoms with Gasteiger partial charge in [0.25, 0.3) is 0 Å². The summed E-state index contributed by atoms with van der Waals surface area (Å²) in [5, 5.41) is 20.3. The molecule has 152 valence electrons. The van der Waals surface area contributed by atoms with Crippen molar-refractivity contribution in [3.05, 3.63) is 0 Å². The number of aliphatic hydroxyl groups excluding tert-OH is 1.